The Morgan fingerprint density at radius 3 is 2.65 bits per heavy atom. The van der Waals surface area contributed by atoms with Crippen LogP contribution in [0.2, 0.25) is 0 Å². The molecule has 1 N–H and O–H groups in total. The highest BCUT2D eigenvalue weighted by molar-refractivity contribution is 14.1. The number of hydrazone groups is 1. The molecule has 17 heavy (non-hydrogen) atoms. The Bertz CT molecular complexity index is 534. The van der Waals surface area contributed by atoms with E-state index in [0.29, 0.717) is 11.3 Å². The summed E-state index contributed by atoms with van der Waals surface area (Å²) in [5, 5.41) is 3.81. The molecule has 4 nitrogen and oxygen atoms in total. The molecular formula is C12H9IN2O2. The van der Waals surface area contributed by atoms with Crippen LogP contribution in [-0.2, 0) is 0 Å². The van der Waals surface area contributed by atoms with Gasteiger partial charge in [0.05, 0.1) is 6.21 Å². The van der Waals surface area contributed by atoms with Crippen LogP contribution < -0.4 is 5.43 Å². The maximum Gasteiger partial charge on any atom is 0.271 e. The third kappa shape index (κ3) is 3.42. The van der Waals surface area contributed by atoms with Crippen LogP contribution in [0.25, 0.3) is 0 Å². The molecule has 0 atom stereocenters. The number of carbonyl (C=O) groups excluding carboxylic acids is 1. The Labute approximate surface area is 112 Å². The number of furan rings is 1. The van der Waals surface area contributed by atoms with Crippen molar-refractivity contribution in [3.8, 4) is 0 Å². The summed E-state index contributed by atoms with van der Waals surface area (Å²) in [6.45, 7) is 0. The van der Waals surface area contributed by atoms with Crippen molar-refractivity contribution in [3.63, 3.8) is 0 Å². The predicted molar refractivity (Wildman–Crippen MR) is 72.9 cm³/mol. The Hall–Kier alpha value is -1.63. The second-order valence-corrected chi connectivity index (χ2v) is 4.27. The molecule has 2 aromatic rings. The van der Waals surface area contributed by atoms with Crippen LogP contribution in [0, 0.1) is 3.77 Å². The van der Waals surface area contributed by atoms with Gasteiger partial charge >= 0.3 is 0 Å². The Balaban J connectivity index is 1.95. The molecule has 1 aromatic carbocycles. The smallest absolute Gasteiger partial charge is 0.271 e. The lowest BCUT2D eigenvalue weighted by molar-refractivity contribution is 0.0955. The van der Waals surface area contributed by atoms with Crippen molar-refractivity contribution >= 4 is 34.7 Å². The molecule has 0 radical (unpaired) electrons. The first-order chi connectivity index (χ1) is 8.25. The van der Waals surface area contributed by atoms with Gasteiger partial charge in [0, 0.05) is 5.56 Å². The van der Waals surface area contributed by atoms with Gasteiger partial charge in [-0.1, -0.05) is 18.2 Å². The summed E-state index contributed by atoms with van der Waals surface area (Å²) in [7, 11) is 0. The van der Waals surface area contributed by atoms with E-state index in [1.165, 1.54) is 6.21 Å². The SMILES string of the molecule is O=C(N/N=C/c1ccc(I)o1)c1ccccc1. The lowest BCUT2D eigenvalue weighted by Gasteiger charge is -1.97. The van der Waals surface area contributed by atoms with E-state index in [1.807, 2.05) is 12.1 Å². The normalized spacial score (nSPS) is 10.6. The first-order valence-corrected chi connectivity index (χ1v) is 5.97. The van der Waals surface area contributed by atoms with Crippen LogP contribution >= 0.6 is 22.6 Å². The number of hydrogen-bond acceptors (Lipinski definition) is 3. The van der Waals surface area contributed by atoms with Crippen molar-refractivity contribution < 1.29 is 9.21 Å². The lowest BCUT2D eigenvalue weighted by Crippen LogP contribution is -2.17. The third-order valence-corrected chi connectivity index (χ3v) is 2.57. The zero-order valence-electron chi connectivity index (χ0n) is 8.76. The van der Waals surface area contributed by atoms with Gasteiger partial charge in [-0.05, 0) is 46.9 Å². The van der Waals surface area contributed by atoms with Crippen molar-refractivity contribution in [2.45, 2.75) is 0 Å². The van der Waals surface area contributed by atoms with Gasteiger partial charge in [0.25, 0.3) is 5.91 Å². The fourth-order valence-electron chi connectivity index (χ4n) is 1.21. The first-order valence-electron chi connectivity index (χ1n) is 4.89. The molecule has 0 saturated heterocycles. The molecule has 86 valence electrons. The maximum absolute atomic E-state index is 11.6. The molecule has 1 heterocycles. The van der Waals surface area contributed by atoms with Crippen molar-refractivity contribution in [2.75, 3.05) is 0 Å². The van der Waals surface area contributed by atoms with Crippen molar-refractivity contribution in [1.82, 2.24) is 5.43 Å². The molecule has 0 aliphatic heterocycles. The van der Waals surface area contributed by atoms with E-state index in [-0.39, 0.29) is 5.91 Å². The molecule has 1 aromatic heterocycles. The van der Waals surface area contributed by atoms with Crippen molar-refractivity contribution in [2.24, 2.45) is 5.10 Å². The van der Waals surface area contributed by atoms with E-state index in [9.17, 15) is 4.79 Å². The average molecular weight is 340 g/mol. The van der Waals surface area contributed by atoms with Gasteiger partial charge in [0.2, 0.25) is 0 Å². The molecule has 0 unspecified atom stereocenters. The zero-order chi connectivity index (χ0) is 12.1. The summed E-state index contributed by atoms with van der Waals surface area (Å²) in [5.74, 6) is 0.353. The fourth-order valence-corrected chi connectivity index (χ4v) is 1.64. The summed E-state index contributed by atoms with van der Waals surface area (Å²) in [6, 6.07) is 12.5. The van der Waals surface area contributed by atoms with Crippen LogP contribution in [0.15, 0.2) is 52.0 Å². The Morgan fingerprint density at radius 1 is 1.24 bits per heavy atom. The highest BCUT2D eigenvalue weighted by Crippen LogP contribution is 2.07. The van der Waals surface area contributed by atoms with E-state index in [1.54, 1.807) is 30.3 Å². The second-order valence-electron chi connectivity index (χ2n) is 3.21. The summed E-state index contributed by atoms with van der Waals surface area (Å²) in [4.78, 5) is 11.6. The van der Waals surface area contributed by atoms with E-state index in [0.717, 1.165) is 3.77 Å². The quantitative estimate of drug-likeness (QED) is 0.531. The first kappa shape index (κ1) is 11.8. The van der Waals surface area contributed by atoms with Crippen LogP contribution in [0.3, 0.4) is 0 Å². The van der Waals surface area contributed by atoms with Gasteiger partial charge in [-0.2, -0.15) is 5.10 Å². The number of nitrogens with one attached hydrogen (secondary N) is 1. The van der Waals surface area contributed by atoms with Crippen molar-refractivity contribution in [3.05, 3.63) is 57.6 Å². The van der Waals surface area contributed by atoms with E-state index < -0.39 is 0 Å². The highest BCUT2D eigenvalue weighted by Gasteiger charge is 2.01. The minimum absolute atomic E-state index is 0.247. The Morgan fingerprint density at radius 2 is 2.00 bits per heavy atom. The highest BCUT2D eigenvalue weighted by atomic mass is 127. The number of hydrogen-bond donors (Lipinski definition) is 1. The summed E-state index contributed by atoms with van der Waals surface area (Å²) < 4.78 is 6.03. The molecule has 1 amide bonds. The standard InChI is InChI=1S/C12H9IN2O2/c13-11-7-6-10(17-11)8-14-15-12(16)9-4-2-1-3-5-9/h1-8H,(H,15,16)/b14-8+. The number of halogens is 1. The topological polar surface area (TPSA) is 54.6 Å². The van der Waals surface area contributed by atoms with E-state index in [4.69, 9.17) is 4.42 Å². The second kappa shape index (κ2) is 5.62. The van der Waals surface area contributed by atoms with Crippen LogP contribution in [0.5, 0.6) is 0 Å². The molecule has 0 fully saturated rings. The van der Waals surface area contributed by atoms with Gasteiger partial charge in [-0.15, -0.1) is 0 Å². The minimum Gasteiger partial charge on any atom is -0.449 e. The van der Waals surface area contributed by atoms with Gasteiger partial charge in [-0.25, -0.2) is 5.43 Å². The minimum atomic E-state index is -0.247. The monoisotopic (exact) mass is 340 g/mol. The van der Waals surface area contributed by atoms with Gasteiger partial charge in [-0.3, -0.25) is 4.79 Å². The number of nitrogens with zero attached hydrogens (tertiary/aromatic N) is 1. The number of carbonyl (C=O) groups is 1. The molecule has 0 saturated carbocycles. The summed E-state index contributed by atoms with van der Waals surface area (Å²) >= 11 is 2.06. The number of amides is 1. The largest absolute Gasteiger partial charge is 0.449 e. The molecule has 0 bridgehead atoms. The lowest BCUT2D eigenvalue weighted by atomic mass is 10.2. The number of rotatable bonds is 3. The van der Waals surface area contributed by atoms with E-state index in [2.05, 4.69) is 33.1 Å². The molecule has 0 spiro atoms. The fraction of sp³-hybridized carbons (Fsp3) is 0. The average Bonchev–Trinajstić information content (AvgIpc) is 2.76. The zero-order valence-corrected chi connectivity index (χ0v) is 10.9. The predicted octanol–water partition coefficient (Wildman–Crippen LogP) is 2.65. The summed E-state index contributed by atoms with van der Waals surface area (Å²) in [6.07, 6.45) is 1.46. The van der Waals surface area contributed by atoms with E-state index >= 15 is 0 Å². The van der Waals surface area contributed by atoms with Crippen molar-refractivity contribution in [1.29, 1.82) is 0 Å². The molecule has 2 rings (SSSR count). The Kier molecular flexibility index (Phi) is 3.92. The molecule has 5 heteroatoms. The summed E-state index contributed by atoms with van der Waals surface area (Å²) in [5.41, 5.74) is 2.99. The van der Waals surface area contributed by atoms with Crippen LogP contribution in [0.1, 0.15) is 16.1 Å². The third-order valence-electron chi connectivity index (χ3n) is 1.99. The maximum atomic E-state index is 11.6. The molecule has 0 aliphatic carbocycles. The van der Waals surface area contributed by atoms with Gasteiger partial charge in [0.1, 0.15) is 5.76 Å². The van der Waals surface area contributed by atoms with Crippen LogP contribution in [0.4, 0.5) is 0 Å². The van der Waals surface area contributed by atoms with Crippen LogP contribution in [-0.4, -0.2) is 12.1 Å². The van der Waals surface area contributed by atoms with Gasteiger partial charge in [0.15, 0.2) is 3.77 Å². The number of benzene rings is 1. The molecular weight excluding hydrogens is 331 g/mol. The molecule has 0 aliphatic rings. The van der Waals surface area contributed by atoms with Gasteiger partial charge < -0.3 is 4.42 Å².